The van der Waals surface area contributed by atoms with E-state index in [1.54, 1.807) is 0 Å². The summed E-state index contributed by atoms with van der Waals surface area (Å²) < 4.78 is 5.16. The Morgan fingerprint density at radius 1 is 0.933 bits per heavy atom. The predicted molar refractivity (Wildman–Crippen MR) is 121 cm³/mol. The predicted octanol–water partition coefficient (Wildman–Crippen LogP) is 6.89. The van der Waals surface area contributed by atoms with Crippen molar-refractivity contribution >= 4 is 5.97 Å². The van der Waals surface area contributed by atoms with Crippen LogP contribution < -0.4 is 0 Å². The molecule has 0 fully saturated rings. The van der Waals surface area contributed by atoms with Crippen molar-refractivity contribution in [2.24, 2.45) is 23.7 Å². The molecule has 4 nitrogen and oxygen atoms in total. The number of hydrogen-bond donors (Lipinski definition) is 0. The van der Waals surface area contributed by atoms with Crippen molar-refractivity contribution in [1.82, 2.24) is 0 Å². The highest BCUT2D eigenvalue weighted by Gasteiger charge is 2.35. The van der Waals surface area contributed by atoms with Crippen LogP contribution in [0.3, 0.4) is 0 Å². The summed E-state index contributed by atoms with van der Waals surface area (Å²) in [6, 6.07) is 4.80. The Bertz CT molecular complexity index is 612. The summed E-state index contributed by atoms with van der Waals surface area (Å²) in [7, 11) is 0. The largest absolute Gasteiger partial charge is 0.466 e. The average Bonchev–Trinajstić information content (AvgIpc) is 2.76. The normalized spacial score (nSPS) is 23.2. The molecular formula is C26H40N2O2. The number of hydrogen-bond acceptors (Lipinski definition) is 4. The van der Waals surface area contributed by atoms with E-state index in [9.17, 15) is 15.3 Å². The second-order valence-electron chi connectivity index (χ2n) is 8.39. The third kappa shape index (κ3) is 10.1. The Morgan fingerprint density at radius 2 is 1.63 bits per heavy atom. The summed E-state index contributed by atoms with van der Waals surface area (Å²) in [5.74, 6) is -0.235. The van der Waals surface area contributed by atoms with Crippen LogP contribution in [0.25, 0.3) is 0 Å². The van der Waals surface area contributed by atoms with E-state index in [1.807, 2.05) is 0 Å². The molecule has 0 amide bonds. The lowest BCUT2D eigenvalue weighted by molar-refractivity contribution is -0.143. The van der Waals surface area contributed by atoms with Gasteiger partial charge in [0.1, 0.15) is 0 Å². The molecule has 0 N–H and O–H groups in total. The molecule has 4 atom stereocenters. The molecule has 0 saturated carbocycles. The van der Waals surface area contributed by atoms with Crippen LogP contribution in [-0.2, 0) is 9.53 Å². The molecule has 1 aliphatic carbocycles. The summed E-state index contributed by atoms with van der Waals surface area (Å²) >= 11 is 0. The Hall–Kier alpha value is -2.07. The number of unbranched alkanes of at least 4 members (excludes halogenated alkanes) is 7. The minimum absolute atomic E-state index is 0.0521. The van der Waals surface area contributed by atoms with Crippen molar-refractivity contribution in [3.63, 3.8) is 0 Å². The minimum atomic E-state index is -0.241. The molecule has 0 radical (unpaired) electrons. The molecule has 0 saturated heterocycles. The van der Waals surface area contributed by atoms with Crippen molar-refractivity contribution in [3.8, 4) is 12.1 Å². The number of ether oxygens (including phenoxy) is 1. The monoisotopic (exact) mass is 412 g/mol. The number of nitrogens with zero attached hydrogens (tertiary/aromatic N) is 2. The third-order valence-corrected chi connectivity index (χ3v) is 5.90. The molecule has 0 heterocycles. The van der Waals surface area contributed by atoms with Crippen LogP contribution in [0.4, 0.5) is 0 Å². The molecule has 0 spiro atoms. The van der Waals surface area contributed by atoms with Gasteiger partial charge >= 0.3 is 5.97 Å². The van der Waals surface area contributed by atoms with Gasteiger partial charge in [-0.15, -0.1) is 0 Å². The van der Waals surface area contributed by atoms with E-state index in [0.29, 0.717) is 13.0 Å². The van der Waals surface area contributed by atoms with Gasteiger partial charge < -0.3 is 4.74 Å². The maximum absolute atomic E-state index is 11.5. The molecular weight excluding hydrogens is 372 g/mol. The summed E-state index contributed by atoms with van der Waals surface area (Å²) in [6.07, 6.45) is 20.7. The van der Waals surface area contributed by atoms with E-state index in [-0.39, 0.29) is 29.6 Å². The second kappa shape index (κ2) is 16.7. The highest BCUT2D eigenvalue weighted by atomic mass is 16.5. The first kappa shape index (κ1) is 26.0. The van der Waals surface area contributed by atoms with Gasteiger partial charge in [0.2, 0.25) is 0 Å². The van der Waals surface area contributed by atoms with Gasteiger partial charge in [-0.3, -0.25) is 4.79 Å². The molecule has 1 rings (SSSR count). The molecule has 0 bridgehead atoms. The van der Waals surface area contributed by atoms with Crippen molar-refractivity contribution in [2.45, 2.75) is 90.9 Å². The number of carbonyl (C=O) groups is 1. The number of esters is 1. The van der Waals surface area contributed by atoms with Crippen LogP contribution in [0.2, 0.25) is 0 Å². The van der Waals surface area contributed by atoms with Crippen LogP contribution in [0.1, 0.15) is 90.9 Å². The lowest BCUT2D eigenvalue weighted by atomic mass is 9.70. The summed E-state index contributed by atoms with van der Waals surface area (Å²) in [5.41, 5.74) is 0. The van der Waals surface area contributed by atoms with Gasteiger partial charge in [-0.25, -0.2) is 0 Å². The first-order valence-electron chi connectivity index (χ1n) is 12.0. The van der Waals surface area contributed by atoms with Gasteiger partial charge in [0.05, 0.1) is 30.6 Å². The first-order chi connectivity index (χ1) is 14.7. The van der Waals surface area contributed by atoms with Gasteiger partial charge in [-0.05, 0) is 38.0 Å². The SMILES string of the molecule is CCCCOC(=O)CCCCCCC/C=C/[C@H]1C=C[C@@H](CCCC)[C@@H](C#N)[C@H]1C#N. The van der Waals surface area contributed by atoms with Gasteiger partial charge in [-0.2, -0.15) is 10.5 Å². The zero-order chi connectivity index (χ0) is 22.0. The van der Waals surface area contributed by atoms with Gasteiger partial charge in [0.15, 0.2) is 0 Å². The molecule has 0 aromatic heterocycles. The zero-order valence-electron chi connectivity index (χ0n) is 19.0. The van der Waals surface area contributed by atoms with Gasteiger partial charge in [0.25, 0.3) is 0 Å². The molecule has 0 aliphatic heterocycles. The Morgan fingerprint density at radius 3 is 2.33 bits per heavy atom. The topological polar surface area (TPSA) is 73.9 Å². The molecule has 1 aliphatic rings. The van der Waals surface area contributed by atoms with Crippen molar-refractivity contribution in [2.75, 3.05) is 6.61 Å². The van der Waals surface area contributed by atoms with E-state index in [4.69, 9.17) is 4.74 Å². The van der Waals surface area contributed by atoms with E-state index in [1.165, 1.54) is 0 Å². The van der Waals surface area contributed by atoms with Crippen LogP contribution in [-0.4, -0.2) is 12.6 Å². The van der Waals surface area contributed by atoms with Gasteiger partial charge in [0, 0.05) is 12.3 Å². The molecule has 4 heteroatoms. The standard InChI is InChI=1S/C26H40N2O2/c1-3-5-14-22-17-18-23(25(21-28)24(22)20-27)15-12-10-8-7-9-11-13-16-26(29)30-19-6-4-2/h12,15,17-18,22-25H,3-11,13-14,16,19H2,1-2H3/b15-12+/t22-,23+,24-,25+/m1/s1. The highest BCUT2D eigenvalue weighted by Crippen LogP contribution is 2.37. The zero-order valence-corrected chi connectivity index (χ0v) is 19.0. The molecule has 0 unspecified atom stereocenters. The fourth-order valence-corrected chi connectivity index (χ4v) is 3.98. The number of carbonyl (C=O) groups excluding carboxylic acids is 1. The van der Waals surface area contributed by atoms with Gasteiger partial charge in [-0.1, -0.05) is 76.7 Å². The van der Waals surface area contributed by atoms with E-state index >= 15 is 0 Å². The Kier molecular flexibility index (Phi) is 14.5. The molecule has 166 valence electrons. The quantitative estimate of drug-likeness (QED) is 0.167. The number of rotatable bonds is 15. The summed E-state index contributed by atoms with van der Waals surface area (Å²) in [4.78, 5) is 11.5. The van der Waals surface area contributed by atoms with Crippen LogP contribution >= 0.6 is 0 Å². The molecule has 0 aromatic rings. The third-order valence-electron chi connectivity index (χ3n) is 5.90. The minimum Gasteiger partial charge on any atom is -0.466 e. The van der Waals surface area contributed by atoms with Crippen LogP contribution in [0.5, 0.6) is 0 Å². The first-order valence-corrected chi connectivity index (χ1v) is 12.0. The molecule has 30 heavy (non-hydrogen) atoms. The number of nitriles is 2. The van der Waals surface area contributed by atoms with E-state index in [0.717, 1.165) is 70.6 Å². The Balaban J connectivity index is 2.23. The smallest absolute Gasteiger partial charge is 0.305 e. The van der Waals surface area contributed by atoms with Crippen LogP contribution in [0, 0.1) is 46.3 Å². The van der Waals surface area contributed by atoms with Crippen LogP contribution in [0.15, 0.2) is 24.3 Å². The van der Waals surface area contributed by atoms with E-state index < -0.39 is 0 Å². The van der Waals surface area contributed by atoms with Crippen molar-refractivity contribution < 1.29 is 9.53 Å². The summed E-state index contributed by atoms with van der Waals surface area (Å²) in [5, 5.41) is 19.2. The highest BCUT2D eigenvalue weighted by molar-refractivity contribution is 5.69. The lowest BCUT2D eigenvalue weighted by Crippen LogP contribution is -2.29. The maximum Gasteiger partial charge on any atom is 0.305 e. The van der Waals surface area contributed by atoms with Crippen molar-refractivity contribution in [1.29, 1.82) is 10.5 Å². The fourth-order valence-electron chi connectivity index (χ4n) is 3.98. The lowest BCUT2D eigenvalue weighted by Gasteiger charge is -2.30. The summed E-state index contributed by atoms with van der Waals surface area (Å²) in [6.45, 7) is 4.80. The molecule has 0 aromatic carbocycles. The number of allylic oxidation sites excluding steroid dienone is 4. The fraction of sp³-hybridized carbons (Fsp3) is 0.731. The average molecular weight is 413 g/mol. The van der Waals surface area contributed by atoms with Crippen molar-refractivity contribution in [3.05, 3.63) is 24.3 Å². The maximum atomic E-state index is 11.5. The Labute approximate surface area is 184 Å². The second-order valence-corrected chi connectivity index (χ2v) is 8.39. The van der Waals surface area contributed by atoms with E-state index in [2.05, 4.69) is 50.3 Å².